The van der Waals surface area contributed by atoms with E-state index in [9.17, 15) is 4.79 Å². The molecule has 4 aromatic rings. The number of carbonyl (C=O) groups is 1. The van der Waals surface area contributed by atoms with Gasteiger partial charge in [-0.05, 0) is 30.2 Å². The quantitative estimate of drug-likeness (QED) is 0.273. The number of nitrogens with zero attached hydrogens (tertiary/aromatic N) is 2. The smallest absolute Gasteiger partial charge is 0.328 e. The van der Waals surface area contributed by atoms with E-state index in [-0.39, 0.29) is 5.97 Å². The summed E-state index contributed by atoms with van der Waals surface area (Å²) < 4.78 is 6.35. The molecule has 1 aromatic heterocycles. The number of anilines is 1. The molecular formula is C28H26BrN3O2. The Morgan fingerprint density at radius 1 is 0.941 bits per heavy atom. The van der Waals surface area contributed by atoms with Crippen molar-refractivity contribution in [1.82, 2.24) is 9.97 Å². The summed E-state index contributed by atoms with van der Waals surface area (Å²) >= 11 is 3.46. The van der Waals surface area contributed by atoms with Crippen molar-refractivity contribution in [3.8, 4) is 11.3 Å². The van der Waals surface area contributed by atoms with Crippen LogP contribution in [0.3, 0.4) is 0 Å². The van der Waals surface area contributed by atoms with E-state index in [4.69, 9.17) is 14.7 Å². The van der Waals surface area contributed by atoms with Crippen LogP contribution in [0.25, 0.3) is 11.3 Å². The van der Waals surface area contributed by atoms with Crippen molar-refractivity contribution in [1.29, 1.82) is 0 Å². The Labute approximate surface area is 208 Å². The van der Waals surface area contributed by atoms with Crippen LogP contribution in [0.4, 0.5) is 5.82 Å². The van der Waals surface area contributed by atoms with Gasteiger partial charge in [0, 0.05) is 22.9 Å². The van der Waals surface area contributed by atoms with Crippen LogP contribution in [0.2, 0.25) is 0 Å². The number of aromatic nitrogens is 2. The molecular weight excluding hydrogens is 490 g/mol. The van der Waals surface area contributed by atoms with Gasteiger partial charge in [-0.2, -0.15) is 0 Å². The second-order valence-corrected chi connectivity index (χ2v) is 8.77. The third-order valence-corrected chi connectivity index (χ3v) is 5.89. The van der Waals surface area contributed by atoms with Gasteiger partial charge in [0.1, 0.15) is 11.9 Å². The van der Waals surface area contributed by atoms with Crippen LogP contribution in [0.15, 0.2) is 95.6 Å². The standard InChI is InChI=1S/C28H26BrN3O2/c1-2-34-28(33)25(18-21-13-15-23(29)16-14-21)32-27-24(17-20-9-5-3-6-10-20)31-26(19-30-27)22-11-7-4-8-12-22/h3-16,19,25H,2,17-18H2,1H3,(H,30,32). The van der Waals surface area contributed by atoms with E-state index < -0.39 is 6.04 Å². The molecule has 1 N–H and O–H groups in total. The molecule has 5 nitrogen and oxygen atoms in total. The molecule has 0 aliphatic rings. The normalized spacial score (nSPS) is 11.6. The fourth-order valence-corrected chi connectivity index (χ4v) is 3.93. The zero-order valence-corrected chi connectivity index (χ0v) is 20.5. The van der Waals surface area contributed by atoms with Crippen molar-refractivity contribution in [2.24, 2.45) is 0 Å². The molecule has 0 aliphatic heterocycles. The summed E-state index contributed by atoms with van der Waals surface area (Å²) in [6, 6.07) is 27.4. The van der Waals surface area contributed by atoms with E-state index in [0.29, 0.717) is 25.3 Å². The summed E-state index contributed by atoms with van der Waals surface area (Å²) in [5.74, 6) is 0.267. The minimum absolute atomic E-state index is 0.312. The van der Waals surface area contributed by atoms with Crippen LogP contribution in [0, 0.1) is 0 Å². The van der Waals surface area contributed by atoms with Crippen LogP contribution in [-0.2, 0) is 22.4 Å². The van der Waals surface area contributed by atoms with Crippen molar-refractivity contribution in [2.75, 3.05) is 11.9 Å². The number of hydrogen-bond donors (Lipinski definition) is 1. The molecule has 0 radical (unpaired) electrons. The van der Waals surface area contributed by atoms with Crippen LogP contribution in [0.5, 0.6) is 0 Å². The van der Waals surface area contributed by atoms with Crippen molar-refractivity contribution in [3.63, 3.8) is 0 Å². The number of nitrogens with one attached hydrogen (secondary N) is 1. The Hall–Kier alpha value is -3.51. The minimum Gasteiger partial charge on any atom is -0.464 e. The summed E-state index contributed by atoms with van der Waals surface area (Å²) in [7, 11) is 0. The van der Waals surface area contributed by atoms with Crippen LogP contribution < -0.4 is 5.32 Å². The average Bonchev–Trinajstić information content (AvgIpc) is 2.87. The first-order valence-electron chi connectivity index (χ1n) is 11.2. The second-order valence-electron chi connectivity index (χ2n) is 7.86. The van der Waals surface area contributed by atoms with Crippen LogP contribution in [-0.4, -0.2) is 28.6 Å². The molecule has 0 amide bonds. The Bertz CT molecular complexity index is 1220. The Balaban J connectivity index is 1.67. The van der Waals surface area contributed by atoms with E-state index in [1.807, 2.05) is 79.7 Å². The molecule has 3 aromatic carbocycles. The Kier molecular flexibility index (Phi) is 8.04. The van der Waals surface area contributed by atoms with Crippen molar-refractivity contribution in [2.45, 2.75) is 25.8 Å². The monoisotopic (exact) mass is 515 g/mol. The van der Waals surface area contributed by atoms with Gasteiger partial charge in [0.15, 0.2) is 0 Å². The topological polar surface area (TPSA) is 64.1 Å². The number of benzene rings is 3. The molecule has 0 saturated carbocycles. The average molecular weight is 516 g/mol. The first-order chi connectivity index (χ1) is 16.6. The predicted octanol–water partition coefficient (Wildman–Crippen LogP) is 6.08. The largest absolute Gasteiger partial charge is 0.464 e. The third kappa shape index (κ3) is 6.29. The van der Waals surface area contributed by atoms with Gasteiger partial charge in [-0.3, -0.25) is 0 Å². The van der Waals surface area contributed by atoms with Gasteiger partial charge >= 0.3 is 5.97 Å². The van der Waals surface area contributed by atoms with E-state index in [1.54, 1.807) is 6.20 Å². The number of rotatable bonds is 9. The summed E-state index contributed by atoms with van der Waals surface area (Å²) in [4.78, 5) is 22.5. The lowest BCUT2D eigenvalue weighted by Gasteiger charge is -2.20. The second kappa shape index (κ2) is 11.6. The highest BCUT2D eigenvalue weighted by molar-refractivity contribution is 9.10. The molecule has 6 heteroatoms. The van der Waals surface area contributed by atoms with E-state index in [1.165, 1.54) is 0 Å². The molecule has 0 bridgehead atoms. The van der Waals surface area contributed by atoms with Gasteiger partial charge in [0.25, 0.3) is 0 Å². The highest BCUT2D eigenvalue weighted by Gasteiger charge is 2.23. The lowest BCUT2D eigenvalue weighted by Crippen LogP contribution is -2.34. The van der Waals surface area contributed by atoms with Crippen molar-refractivity contribution in [3.05, 3.63) is 112 Å². The first kappa shape index (κ1) is 23.6. The SMILES string of the molecule is CCOC(=O)C(Cc1ccc(Br)cc1)Nc1ncc(-c2ccccc2)nc1Cc1ccccc1. The highest BCUT2D eigenvalue weighted by atomic mass is 79.9. The molecule has 0 saturated heterocycles. The van der Waals surface area contributed by atoms with Crippen LogP contribution in [0.1, 0.15) is 23.7 Å². The number of esters is 1. The Morgan fingerprint density at radius 2 is 1.62 bits per heavy atom. The van der Waals surface area contributed by atoms with Crippen molar-refractivity contribution >= 4 is 27.7 Å². The molecule has 1 heterocycles. The van der Waals surface area contributed by atoms with E-state index >= 15 is 0 Å². The summed E-state index contributed by atoms with van der Waals surface area (Å²) in [5, 5.41) is 3.33. The van der Waals surface area contributed by atoms with Gasteiger partial charge in [-0.1, -0.05) is 88.7 Å². The van der Waals surface area contributed by atoms with Gasteiger partial charge in [0.05, 0.1) is 24.2 Å². The molecule has 1 atom stereocenters. The molecule has 0 fully saturated rings. The predicted molar refractivity (Wildman–Crippen MR) is 139 cm³/mol. The van der Waals surface area contributed by atoms with Crippen molar-refractivity contribution < 1.29 is 9.53 Å². The van der Waals surface area contributed by atoms with E-state index in [0.717, 1.165) is 32.6 Å². The zero-order valence-electron chi connectivity index (χ0n) is 18.9. The minimum atomic E-state index is -0.590. The fourth-order valence-electron chi connectivity index (χ4n) is 3.67. The number of ether oxygens (including phenoxy) is 1. The number of carbonyl (C=O) groups excluding carboxylic acids is 1. The summed E-state index contributed by atoms with van der Waals surface area (Å²) in [6.07, 6.45) is 2.80. The summed E-state index contributed by atoms with van der Waals surface area (Å²) in [5.41, 5.74) is 4.70. The fraction of sp³-hybridized carbons (Fsp3) is 0.179. The lowest BCUT2D eigenvalue weighted by molar-refractivity contribution is -0.144. The lowest BCUT2D eigenvalue weighted by atomic mass is 10.0. The zero-order chi connectivity index (χ0) is 23.8. The molecule has 4 rings (SSSR count). The molecule has 0 spiro atoms. The van der Waals surface area contributed by atoms with Crippen LogP contribution >= 0.6 is 15.9 Å². The van der Waals surface area contributed by atoms with Gasteiger partial charge in [-0.25, -0.2) is 14.8 Å². The van der Waals surface area contributed by atoms with E-state index in [2.05, 4.69) is 33.4 Å². The molecule has 34 heavy (non-hydrogen) atoms. The van der Waals surface area contributed by atoms with Gasteiger partial charge in [-0.15, -0.1) is 0 Å². The summed E-state index contributed by atoms with van der Waals surface area (Å²) in [6.45, 7) is 2.12. The van der Waals surface area contributed by atoms with Gasteiger partial charge in [0.2, 0.25) is 0 Å². The maximum atomic E-state index is 12.8. The maximum absolute atomic E-state index is 12.8. The first-order valence-corrected chi connectivity index (χ1v) is 12.0. The third-order valence-electron chi connectivity index (χ3n) is 5.36. The molecule has 172 valence electrons. The highest BCUT2D eigenvalue weighted by Crippen LogP contribution is 2.23. The van der Waals surface area contributed by atoms with Gasteiger partial charge < -0.3 is 10.1 Å². The Morgan fingerprint density at radius 3 is 2.29 bits per heavy atom. The molecule has 0 aliphatic carbocycles. The maximum Gasteiger partial charge on any atom is 0.328 e. The number of hydrogen-bond acceptors (Lipinski definition) is 5. The molecule has 1 unspecified atom stereocenters. The number of halogens is 1.